The average molecular weight is 265 g/mol. The normalized spacial score (nSPS) is 40.6. The minimum Gasteiger partial charge on any atom is -0.325 e. The van der Waals surface area contributed by atoms with Crippen molar-refractivity contribution in [2.45, 2.75) is 90.5 Å². The first-order chi connectivity index (χ1) is 9.03. The molecule has 0 saturated heterocycles. The Morgan fingerprint density at radius 1 is 1.05 bits per heavy atom. The lowest BCUT2D eigenvalue weighted by molar-refractivity contribution is 0.0991. The van der Waals surface area contributed by atoms with Gasteiger partial charge in [-0.05, 0) is 55.8 Å². The van der Waals surface area contributed by atoms with Crippen molar-refractivity contribution in [3.8, 4) is 0 Å². The van der Waals surface area contributed by atoms with E-state index < -0.39 is 0 Å². The van der Waals surface area contributed by atoms with Crippen molar-refractivity contribution in [2.24, 2.45) is 29.4 Å². The minimum atomic E-state index is 0.191. The fraction of sp³-hybridized carbons (Fsp3) is 1.00. The molecule has 1 nitrogen and oxygen atoms in total. The van der Waals surface area contributed by atoms with Crippen LogP contribution in [0.5, 0.6) is 0 Å². The van der Waals surface area contributed by atoms with E-state index in [-0.39, 0.29) is 5.54 Å². The van der Waals surface area contributed by atoms with Crippen molar-refractivity contribution in [3.05, 3.63) is 0 Å². The van der Waals surface area contributed by atoms with Crippen LogP contribution in [-0.4, -0.2) is 5.54 Å². The van der Waals surface area contributed by atoms with Gasteiger partial charge in [0.25, 0.3) is 0 Å². The fourth-order valence-electron chi connectivity index (χ4n) is 4.85. The third kappa shape index (κ3) is 3.97. The molecular formula is C18H35N. The highest BCUT2D eigenvalue weighted by Gasteiger charge is 2.40. The number of nitrogens with two attached hydrogens (primary N) is 1. The number of rotatable bonds is 4. The van der Waals surface area contributed by atoms with Crippen LogP contribution in [-0.2, 0) is 0 Å². The van der Waals surface area contributed by atoms with Crippen molar-refractivity contribution < 1.29 is 0 Å². The van der Waals surface area contributed by atoms with E-state index in [4.69, 9.17) is 5.73 Å². The van der Waals surface area contributed by atoms with Gasteiger partial charge in [0.15, 0.2) is 0 Å². The Balaban J connectivity index is 1.90. The van der Waals surface area contributed by atoms with Crippen LogP contribution < -0.4 is 5.73 Å². The van der Waals surface area contributed by atoms with Crippen molar-refractivity contribution in [2.75, 3.05) is 0 Å². The van der Waals surface area contributed by atoms with E-state index in [0.717, 1.165) is 23.7 Å². The van der Waals surface area contributed by atoms with Gasteiger partial charge in [-0.25, -0.2) is 0 Å². The number of hydrogen-bond acceptors (Lipinski definition) is 1. The summed E-state index contributed by atoms with van der Waals surface area (Å²) < 4.78 is 0. The summed E-state index contributed by atoms with van der Waals surface area (Å²) in [4.78, 5) is 0. The van der Waals surface area contributed by atoms with Gasteiger partial charge in [-0.15, -0.1) is 0 Å². The standard InChI is InChI=1S/C18H35N/c1-4-15-7-9-17(10-8-15)18(19)11-5-6-16(13-18)12-14(2)3/h14-17H,4-13,19H2,1-3H3. The molecule has 2 saturated carbocycles. The Bertz CT molecular complexity index is 265. The maximum absolute atomic E-state index is 6.89. The predicted octanol–water partition coefficient (Wildman–Crippen LogP) is 5.14. The first-order valence-corrected chi connectivity index (χ1v) is 8.82. The summed E-state index contributed by atoms with van der Waals surface area (Å²) >= 11 is 0. The van der Waals surface area contributed by atoms with Gasteiger partial charge in [0, 0.05) is 5.54 Å². The second kappa shape index (κ2) is 6.61. The van der Waals surface area contributed by atoms with E-state index in [9.17, 15) is 0 Å². The van der Waals surface area contributed by atoms with E-state index in [2.05, 4.69) is 20.8 Å². The second-order valence-corrected chi connectivity index (χ2v) is 7.95. The molecular weight excluding hydrogens is 230 g/mol. The van der Waals surface area contributed by atoms with Crippen LogP contribution in [0.3, 0.4) is 0 Å². The molecule has 2 unspecified atom stereocenters. The van der Waals surface area contributed by atoms with E-state index in [1.54, 1.807) is 0 Å². The fourth-order valence-corrected chi connectivity index (χ4v) is 4.85. The molecule has 0 amide bonds. The highest BCUT2D eigenvalue weighted by molar-refractivity contribution is 4.97. The van der Waals surface area contributed by atoms with Crippen LogP contribution in [0.1, 0.15) is 85.0 Å². The summed E-state index contributed by atoms with van der Waals surface area (Å²) in [5, 5.41) is 0. The molecule has 0 aromatic carbocycles. The van der Waals surface area contributed by atoms with Gasteiger partial charge in [0.1, 0.15) is 0 Å². The predicted molar refractivity (Wildman–Crippen MR) is 84.1 cm³/mol. The Morgan fingerprint density at radius 3 is 2.32 bits per heavy atom. The lowest BCUT2D eigenvalue weighted by atomic mass is 9.63. The first-order valence-electron chi connectivity index (χ1n) is 8.82. The molecule has 0 aliphatic heterocycles. The molecule has 2 rings (SSSR count). The molecule has 0 radical (unpaired) electrons. The van der Waals surface area contributed by atoms with Crippen LogP contribution in [0.15, 0.2) is 0 Å². The molecule has 1 heteroatoms. The van der Waals surface area contributed by atoms with Gasteiger partial charge in [-0.3, -0.25) is 0 Å². The molecule has 2 fully saturated rings. The van der Waals surface area contributed by atoms with Crippen LogP contribution in [0.4, 0.5) is 0 Å². The van der Waals surface area contributed by atoms with E-state index in [0.29, 0.717) is 0 Å². The smallest absolute Gasteiger partial charge is 0.0185 e. The lowest BCUT2D eigenvalue weighted by Gasteiger charge is -2.46. The summed E-state index contributed by atoms with van der Waals surface area (Å²) in [6, 6.07) is 0. The molecule has 112 valence electrons. The Morgan fingerprint density at radius 2 is 1.74 bits per heavy atom. The molecule has 0 aromatic heterocycles. The summed E-state index contributed by atoms with van der Waals surface area (Å²) in [5.74, 6) is 3.56. The van der Waals surface area contributed by atoms with Gasteiger partial charge >= 0.3 is 0 Å². The monoisotopic (exact) mass is 265 g/mol. The third-order valence-corrected chi connectivity index (χ3v) is 5.97. The van der Waals surface area contributed by atoms with Crippen LogP contribution in [0, 0.1) is 23.7 Å². The van der Waals surface area contributed by atoms with Crippen molar-refractivity contribution in [1.82, 2.24) is 0 Å². The van der Waals surface area contributed by atoms with E-state index in [1.807, 2.05) is 0 Å². The molecule has 0 spiro atoms. The van der Waals surface area contributed by atoms with Crippen molar-refractivity contribution in [3.63, 3.8) is 0 Å². The SMILES string of the molecule is CCC1CCC(C2(N)CCCC(CC(C)C)C2)CC1. The maximum Gasteiger partial charge on any atom is 0.0185 e. The Labute approximate surface area is 120 Å². The molecule has 0 bridgehead atoms. The van der Waals surface area contributed by atoms with Gasteiger partial charge in [-0.2, -0.15) is 0 Å². The summed E-state index contributed by atoms with van der Waals surface area (Å²) in [6.07, 6.45) is 13.9. The highest BCUT2D eigenvalue weighted by Crippen LogP contribution is 2.44. The van der Waals surface area contributed by atoms with Crippen molar-refractivity contribution >= 4 is 0 Å². The maximum atomic E-state index is 6.89. The zero-order chi connectivity index (χ0) is 13.9. The minimum absolute atomic E-state index is 0.191. The summed E-state index contributed by atoms with van der Waals surface area (Å²) in [5.41, 5.74) is 7.08. The van der Waals surface area contributed by atoms with Gasteiger partial charge < -0.3 is 5.73 Å². The molecule has 2 N–H and O–H groups in total. The van der Waals surface area contributed by atoms with E-state index >= 15 is 0 Å². The number of hydrogen-bond donors (Lipinski definition) is 1. The van der Waals surface area contributed by atoms with Gasteiger partial charge in [-0.1, -0.05) is 52.9 Å². The quantitative estimate of drug-likeness (QED) is 0.748. The van der Waals surface area contributed by atoms with E-state index in [1.165, 1.54) is 64.2 Å². The van der Waals surface area contributed by atoms with Crippen LogP contribution >= 0.6 is 0 Å². The van der Waals surface area contributed by atoms with Crippen molar-refractivity contribution in [1.29, 1.82) is 0 Å². The summed E-state index contributed by atoms with van der Waals surface area (Å²) in [7, 11) is 0. The second-order valence-electron chi connectivity index (χ2n) is 7.95. The first kappa shape index (κ1) is 15.4. The summed E-state index contributed by atoms with van der Waals surface area (Å²) in [6.45, 7) is 7.07. The molecule has 0 heterocycles. The molecule has 2 aliphatic rings. The highest BCUT2D eigenvalue weighted by atomic mass is 14.8. The Hall–Kier alpha value is -0.0400. The zero-order valence-corrected chi connectivity index (χ0v) is 13.5. The lowest BCUT2D eigenvalue weighted by Crippen LogP contribution is -2.51. The topological polar surface area (TPSA) is 26.0 Å². The zero-order valence-electron chi connectivity index (χ0n) is 13.5. The van der Waals surface area contributed by atoms with Gasteiger partial charge in [0.05, 0.1) is 0 Å². The molecule has 2 aliphatic carbocycles. The molecule has 19 heavy (non-hydrogen) atoms. The Kier molecular flexibility index (Phi) is 5.34. The molecule has 0 aromatic rings. The molecule has 2 atom stereocenters. The average Bonchev–Trinajstić information content (AvgIpc) is 2.38. The van der Waals surface area contributed by atoms with Crippen LogP contribution in [0.2, 0.25) is 0 Å². The third-order valence-electron chi connectivity index (χ3n) is 5.97. The largest absolute Gasteiger partial charge is 0.325 e. The van der Waals surface area contributed by atoms with Crippen LogP contribution in [0.25, 0.3) is 0 Å². The van der Waals surface area contributed by atoms with Gasteiger partial charge in [0.2, 0.25) is 0 Å².